The summed E-state index contributed by atoms with van der Waals surface area (Å²) in [5, 5.41) is 3.13. The first-order chi connectivity index (χ1) is 7.88. The molecule has 3 N–H and O–H groups in total. The number of nitrogens with one attached hydrogen (secondary N) is 1. The quantitative estimate of drug-likeness (QED) is 0.776. The van der Waals surface area contributed by atoms with E-state index in [2.05, 4.69) is 12.2 Å². The van der Waals surface area contributed by atoms with Crippen molar-refractivity contribution in [1.29, 1.82) is 0 Å². The lowest BCUT2D eigenvalue weighted by Crippen LogP contribution is -2.40. The van der Waals surface area contributed by atoms with Crippen molar-refractivity contribution in [3.8, 4) is 0 Å². The van der Waals surface area contributed by atoms with E-state index in [9.17, 15) is 4.79 Å². The van der Waals surface area contributed by atoms with Gasteiger partial charge in [-0.3, -0.25) is 4.79 Å². The van der Waals surface area contributed by atoms with Crippen LogP contribution < -0.4 is 11.1 Å². The van der Waals surface area contributed by atoms with Crippen molar-refractivity contribution < 1.29 is 4.79 Å². The molecule has 100 valence electrons. The van der Waals surface area contributed by atoms with E-state index in [0.29, 0.717) is 18.4 Å². The first-order valence-corrected chi connectivity index (χ1v) is 6.97. The normalized spacial score (nSPS) is 20.0. The summed E-state index contributed by atoms with van der Waals surface area (Å²) in [7, 11) is 0. The molecular weight excluding hydrogens is 212 g/mol. The zero-order valence-corrected chi connectivity index (χ0v) is 11.6. The highest BCUT2D eigenvalue weighted by Gasteiger charge is 2.22. The van der Waals surface area contributed by atoms with E-state index in [4.69, 9.17) is 5.73 Å². The van der Waals surface area contributed by atoms with E-state index < -0.39 is 0 Å². The molecule has 0 saturated heterocycles. The van der Waals surface area contributed by atoms with Gasteiger partial charge in [-0.25, -0.2) is 0 Å². The van der Waals surface area contributed by atoms with E-state index in [0.717, 1.165) is 6.42 Å². The molecule has 0 heterocycles. The molecule has 1 aliphatic rings. The van der Waals surface area contributed by atoms with Crippen LogP contribution in [0.3, 0.4) is 0 Å². The largest absolute Gasteiger partial charge is 0.353 e. The van der Waals surface area contributed by atoms with E-state index in [1.807, 2.05) is 13.8 Å². The minimum absolute atomic E-state index is 0.154. The zero-order valence-electron chi connectivity index (χ0n) is 11.6. The molecule has 0 aliphatic heterocycles. The first-order valence-electron chi connectivity index (χ1n) is 6.97. The molecule has 0 unspecified atom stereocenters. The van der Waals surface area contributed by atoms with Gasteiger partial charge in [0.25, 0.3) is 0 Å². The molecule has 0 spiro atoms. The minimum Gasteiger partial charge on any atom is -0.353 e. The van der Waals surface area contributed by atoms with Crippen molar-refractivity contribution in [3.63, 3.8) is 0 Å². The summed E-state index contributed by atoms with van der Waals surface area (Å²) in [4.78, 5) is 11.8. The predicted molar refractivity (Wildman–Crippen MR) is 71.7 cm³/mol. The van der Waals surface area contributed by atoms with Crippen LogP contribution >= 0.6 is 0 Å². The molecule has 3 heteroatoms. The smallest absolute Gasteiger partial charge is 0.220 e. The van der Waals surface area contributed by atoms with E-state index in [1.54, 1.807) is 0 Å². The van der Waals surface area contributed by atoms with Gasteiger partial charge in [0.05, 0.1) is 0 Å². The maximum Gasteiger partial charge on any atom is 0.220 e. The Balaban J connectivity index is 2.25. The van der Waals surface area contributed by atoms with Gasteiger partial charge < -0.3 is 11.1 Å². The highest BCUT2D eigenvalue weighted by molar-refractivity contribution is 5.76. The molecule has 0 aromatic heterocycles. The van der Waals surface area contributed by atoms with Crippen molar-refractivity contribution in [2.24, 2.45) is 11.7 Å². The summed E-state index contributed by atoms with van der Waals surface area (Å²) in [5.74, 6) is 0.834. The van der Waals surface area contributed by atoms with Gasteiger partial charge in [0.1, 0.15) is 0 Å². The summed E-state index contributed by atoms with van der Waals surface area (Å²) in [6.45, 7) is 6.07. The van der Waals surface area contributed by atoms with Crippen molar-refractivity contribution in [2.45, 2.75) is 77.3 Å². The molecule has 1 fully saturated rings. The van der Waals surface area contributed by atoms with Crippen LogP contribution in [0.4, 0.5) is 0 Å². The Morgan fingerprint density at radius 1 is 1.35 bits per heavy atom. The van der Waals surface area contributed by atoms with Crippen molar-refractivity contribution >= 4 is 5.91 Å². The number of hydrogen-bond donors (Lipinski definition) is 2. The Hall–Kier alpha value is -0.570. The van der Waals surface area contributed by atoms with Gasteiger partial charge in [-0.2, -0.15) is 0 Å². The highest BCUT2D eigenvalue weighted by Crippen LogP contribution is 2.26. The molecule has 0 radical (unpaired) electrons. The van der Waals surface area contributed by atoms with Gasteiger partial charge in [-0.05, 0) is 46.0 Å². The fraction of sp³-hybridized carbons (Fsp3) is 0.929. The predicted octanol–water partition coefficient (Wildman–Crippen LogP) is 2.59. The fourth-order valence-corrected chi connectivity index (χ4v) is 2.51. The summed E-state index contributed by atoms with van der Waals surface area (Å²) in [5.41, 5.74) is 5.63. The van der Waals surface area contributed by atoms with Crippen LogP contribution in [0.2, 0.25) is 0 Å². The Morgan fingerprint density at radius 2 is 1.94 bits per heavy atom. The summed E-state index contributed by atoms with van der Waals surface area (Å²) < 4.78 is 0. The van der Waals surface area contributed by atoms with Gasteiger partial charge >= 0.3 is 0 Å². The number of carbonyl (C=O) groups is 1. The lowest BCUT2D eigenvalue weighted by atomic mass is 9.84. The van der Waals surface area contributed by atoms with Gasteiger partial charge in [0.15, 0.2) is 0 Å². The lowest BCUT2D eigenvalue weighted by Gasteiger charge is -2.28. The average molecular weight is 240 g/mol. The highest BCUT2D eigenvalue weighted by atomic mass is 16.1. The molecule has 1 aliphatic carbocycles. The first kappa shape index (κ1) is 14.5. The molecule has 1 amide bonds. The molecule has 1 saturated carbocycles. The Bertz CT molecular complexity index is 239. The Morgan fingerprint density at radius 3 is 2.47 bits per heavy atom. The second-order valence-electron chi connectivity index (χ2n) is 6.24. The van der Waals surface area contributed by atoms with Crippen LogP contribution in [0.1, 0.15) is 65.7 Å². The topological polar surface area (TPSA) is 55.1 Å². The van der Waals surface area contributed by atoms with Crippen molar-refractivity contribution in [1.82, 2.24) is 5.32 Å². The second kappa shape index (κ2) is 6.39. The minimum atomic E-state index is -0.245. The number of hydrogen-bond acceptors (Lipinski definition) is 2. The van der Waals surface area contributed by atoms with E-state index in [-0.39, 0.29) is 11.4 Å². The Labute approximate surface area is 106 Å². The maximum atomic E-state index is 11.8. The third-order valence-electron chi connectivity index (χ3n) is 3.74. The summed E-state index contributed by atoms with van der Waals surface area (Å²) in [6.07, 6.45) is 7.82. The SMILES string of the molecule is C[C@@H](NC(=O)CCC(C)(C)N)C1CCCCC1. The van der Waals surface area contributed by atoms with Gasteiger partial charge in [0.2, 0.25) is 5.91 Å². The van der Waals surface area contributed by atoms with Crippen LogP contribution in [0, 0.1) is 5.92 Å². The third-order valence-corrected chi connectivity index (χ3v) is 3.74. The summed E-state index contributed by atoms with van der Waals surface area (Å²) >= 11 is 0. The second-order valence-corrected chi connectivity index (χ2v) is 6.24. The van der Waals surface area contributed by atoms with Gasteiger partial charge in [0, 0.05) is 18.0 Å². The number of nitrogens with two attached hydrogens (primary N) is 1. The van der Waals surface area contributed by atoms with Crippen LogP contribution in [-0.4, -0.2) is 17.5 Å². The summed E-state index contributed by atoms with van der Waals surface area (Å²) in [6, 6.07) is 0.323. The molecule has 0 bridgehead atoms. The van der Waals surface area contributed by atoms with E-state index in [1.165, 1.54) is 32.1 Å². The van der Waals surface area contributed by atoms with Crippen LogP contribution in [0.15, 0.2) is 0 Å². The maximum absolute atomic E-state index is 11.8. The van der Waals surface area contributed by atoms with Crippen molar-refractivity contribution in [3.05, 3.63) is 0 Å². The standard InChI is InChI=1S/C14H28N2O/c1-11(12-7-5-4-6-8-12)16-13(17)9-10-14(2,3)15/h11-12H,4-10,15H2,1-3H3,(H,16,17)/t11-/m1/s1. The number of carbonyl (C=O) groups excluding carboxylic acids is 1. The molecule has 3 nitrogen and oxygen atoms in total. The molecule has 0 aromatic rings. The van der Waals surface area contributed by atoms with Gasteiger partial charge in [-0.15, -0.1) is 0 Å². The Kier molecular flexibility index (Phi) is 5.44. The number of amides is 1. The molecule has 1 atom stereocenters. The molecule has 0 aromatic carbocycles. The van der Waals surface area contributed by atoms with Crippen LogP contribution in [0.25, 0.3) is 0 Å². The fourth-order valence-electron chi connectivity index (χ4n) is 2.51. The van der Waals surface area contributed by atoms with Crippen LogP contribution in [0.5, 0.6) is 0 Å². The van der Waals surface area contributed by atoms with E-state index >= 15 is 0 Å². The average Bonchev–Trinajstić information content (AvgIpc) is 2.27. The van der Waals surface area contributed by atoms with Crippen molar-refractivity contribution in [2.75, 3.05) is 0 Å². The monoisotopic (exact) mass is 240 g/mol. The molecular formula is C14H28N2O. The molecule has 17 heavy (non-hydrogen) atoms. The third kappa shape index (κ3) is 6.06. The molecule has 1 rings (SSSR count). The lowest BCUT2D eigenvalue weighted by molar-refractivity contribution is -0.122. The zero-order chi connectivity index (χ0) is 12.9. The number of rotatable bonds is 5. The van der Waals surface area contributed by atoms with Gasteiger partial charge in [-0.1, -0.05) is 19.3 Å². The van der Waals surface area contributed by atoms with Crippen LogP contribution in [-0.2, 0) is 4.79 Å².